The number of nitrogens with zero attached hydrogens (tertiary/aromatic N) is 6. The number of rotatable bonds is 6. The van der Waals surface area contributed by atoms with Crippen LogP contribution in [0.3, 0.4) is 0 Å². The van der Waals surface area contributed by atoms with Crippen LogP contribution in [0, 0.1) is 11.3 Å². The van der Waals surface area contributed by atoms with Crippen molar-refractivity contribution < 1.29 is 18.3 Å². The minimum absolute atomic E-state index is 0.0623. The van der Waals surface area contributed by atoms with Gasteiger partial charge < -0.3 is 19.3 Å². The number of aromatic nitrogens is 3. The molecule has 0 bridgehead atoms. The summed E-state index contributed by atoms with van der Waals surface area (Å²) in [4.78, 5) is 3.99. The van der Waals surface area contributed by atoms with E-state index >= 15 is 0 Å². The van der Waals surface area contributed by atoms with Gasteiger partial charge in [0.05, 0.1) is 18.9 Å². The zero-order valence-electron chi connectivity index (χ0n) is 19.3. The molecule has 1 saturated heterocycles. The van der Waals surface area contributed by atoms with E-state index in [1.807, 2.05) is 52.1 Å². The summed E-state index contributed by atoms with van der Waals surface area (Å²) in [5, 5.41) is 21.9. The Bertz CT molecular complexity index is 1330. The Labute approximate surface area is 211 Å². The van der Waals surface area contributed by atoms with Gasteiger partial charge in [-0.2, -0.15) is 14.0 Å². The molecular weight excluding hydrogens is 486 g/mol. The van der Waals surface area contributed by atoms with Crippen LogP contribution in [0.4, 0.5) is 20.4 Å². The van der Waals surface area contributed by atoms with Crippen molar-refractivity contribution in [2.24, 2.45) is 0 Å². The molecule has 2 aromatic carbocycles. The lowest BCUT2D eigenvalue weighted by Gasteiger charge is -2.28. The van der Waals surface area contributed by atoms with Gasteiger partial charge in [-0.1, -0.05) is 30.0 Å². The molecule has 3 heterocycles. The van der Waals surface area contributed by atoms with Crippen LogP contribution in [0.5, 0.6) is 5.75 Å². The fraction of sp³-hybridized carbons (Fsp3) is 0.240. The molecule has 2 aliphatic rings. The number of allylic oxidation sites excluding steroid dienone is 2. The average Bonchev–Trinajstić information content (AvgIpc) is 3.50. The van der Waals surface area contributed by atoms with E-state index < -0.39 is 6.61 Å². The summed E-state index contributed by atoms with van der Waals surface area (Å²) in [6.07, 6.45) is 0. The lowest BCUT2D eigenvalue weighted by Crippen LogP contribution is -2.38. The van der Waals surface area contributed by atoms with Gasteiger partial charge in [-0.25, -0.2) is 0 Å². The molecule has 0 atom stereocenters. The number of alkyl halides is 2. The van der Waals surface area contributed by atoms with Gasteiger partial charge in [-0.3, -0.25) is 4.57 Å². The molecule has 2 aliphatic heterocycles. The summed E-state index contributed by atoms with van der Waals surface area (Å²) >= 11 is 1.40. The van der Waals surface area contributed by atoms with Crippen molar-refractivity contribution in [2.75, 3.05) is 36.1 Å². The second kappa shape index (κ2) is 10.4. The van der Waals surface area contributed by atoms with Gasteiger partial charge in [0, 0.05) is 24.5 Å². The molecule has 0 N–H and O–H groups in total. The van der Waals surface area contributed by atoms with Crippen LogP contribution in [0.2, 0.25) is 0 Å². The normalized spacial score (nSPS) is 17.2. The predicted molar refractivity (Wildman–Crippen MR) is 134 cm³/mol. The highest BCUT2D eigenvalue weighted by molar-refractivity contribution is 8.06. The number of anilines is 2. The van der Waals surface area contributed by atoms with Crippen LogP contribution >= 0.6 is 11.8 Å². The lowest BCUT2D eigenvalue weighted by atomic mass is 10.2. The van der Waals surface area contributed by atoms with Gasteiger partial charge in [0.15, 0.2) is 5.82 Å². The number of hydrogen-bond donors (Lipinski definition) is 0. The van der Waals surface area contributed by atoms with Crippen LogP contribution in [-0.2, 0) is 4.74 Å². The zero-order valence-corrected chi connectivity index (χ0v) is 20.2. The van der Waals surface area contributed by atoms with E-state index in [4.69, 9.17) is 4.74 Å². The molecule has 1 aromatic heterocycles. The predicted octanol–water partition coefficient (Wildman–Crippen LogP) is 5.01. The second-order valence-corrected chi connectivity index (χ2v) is 8.83. The fourth-order valence-corrected chi connectivity index (χ4v) is 5.09. The summed E-state index contributed by atoms with van der Waals surface area (Å²) in [5.41, 5.74) is 2.76. The van der Waals surface area contributed by atoms with Gasteiger partial charge in [0.2, 0.25) is 5.95 Å². The SMILES string of the molecule is CC1=CS/C(=C(\C#N)c2nnc(N3CCOCC3)n2-c2ccccc2)N1c1ccc(OC(F)F)cc1. The van der Waals surface area contributed by atoms with Crippen LogP contribution in [0.15, 0.2) is 70.7 Å². The van der Waals surface area contributed by atoms with Crippen molar-refractivity contribution in [3.63, 3.8) is 0 Å². The second-order valence-electron chi connectivity index (χ2n) is 7.97. The molecule has 0 amide bonds. The molecule has 0 radical (unpaired) electrons. The molecule has 11 heteroatoms. The van der Waals surface area contributed by atoms with Crippen LogP contribution < -0.4 is 14.5 Å². The molecule has 8 nitrogen and oxygen atoms in total. The summed E-state index contributed by atoms with van der Waals surface area (Å²) in [7, 11) is 0. The third-order valence-corrected chi connectivity index (χ3v) is 6.79. The molecule has 1 fully saturated rings. The third-order valence-electron chi connectivity index (χ3n) is 5.72. The van der Waals surface area contributed by atoms with Crippen LogP contribution in [-0.4, -0.2) is 47.7 Å². The molecule has 0 aliphatic carbocycles. The Morgan fingerprint density at radius 2 is 1.78 bits per heavy atom. The molecule has 0 saturated carbocycles. The number of hydrogen-bond acceptors (Lipinski definition) is 8. The lowest BCUT2D eigenvalue weighted by molar-refractivity contribution is -0.0498. The van der Waals surface area contributed by atoms with E-state index in [1.54, 1.807) is 12.1 Å². The van der Waals surface area contributed by atoms with E-state index in [0.717, 1.165) is 11.4 Å². The zero-order chi connectivity index (χ0) is 25.1. The molecule has 0 unspecified atom stereocenters. The Kier molecular flexibility index (Phi) is 6.88. The van der Waals surface area contributed by atoms with E-state index in [9.17, 15) is 14.0 Å². The van der Waals surface area contributed by atoms with Crippen molar-refractivity contribution in [1.29, 1.82) is 5.26 Å². The van der Waals surface area contributed by atoms with Gasteiger partial charge in [0.25, 0.3) is 0 Å². The maximum absolute atomic E-state index is 12.6. The van der Waals surface area contributed by atoms with Crippen LogP contribution in [0.25, 0.3) is 11.3 Å². The summed E-state index contributed by atoms with van der Waals surface area (Å²) < 4.78 is 37.0. The third kappa shape index (κ3) is 4.65. The van der Waals surface area contributed by atoms with Crippen molar-refractivity contribution in [2.45, 2.75) is 13.5 Å². The Morgan fingerprint density at radius 1 is 1.06 bits per heavy atom. The molecule has 0 spiro atoms. The Balaban J connectivity index is 1.61. The van der Waals surface area contributed by atoms with E-state index in [2.05, 4.69) is 25.9 Å². The van der Waals surface area contributed by atoms with Crippen molar-refractivity contribution in [3.05, 3.63) is 76.6 Å². The van der Waals surface area contributed by atoms with Crippen molar-refractivity contribution in [1.82, 2.24) is 14.8 Å². The molecule has 5 rings (SSSR count). The van der Waals surface area contributed by atoms with Gasteiger partial charge >= 0.3 is 6.61 Å². The van der Waals surface area contributed by atoms with Crippen molar-refractivity contribution in [3.8, 4) is 17.5 Å². The van der Waals surface area contributed by atoms with E-state index in [-0.39, 0.29) is 5.75 Å². The number of para-hydroxylation sites is 1. The number of nitriles is 1. The maximum atomic E-state index is 12.6. The average molecular weight is 509 g/mol. The Morgan fingerprint density at radius 3 is 2.44 bits per heavy atom. The molecular formula is C25H22F2N6O2S. The first-order chi connectivity index (χ1) is 17.6. The minimum Gasteiger partial charge on any atom is -0.435 e. The van der Waals surface area contributed by atoms with E-state index in [0.29, 0.717) is 54.4 Å². The van der Waals surface area contributed by atoms with Crippen LogP contribution in [0.1, 0.15) is 12.7 Å². The number of halogens is 2. The summed E-state index contributed by atoms with van der Waals surface area (Å²) in [5.74, 6) is 1.12. The highest BCUT2D eigenvalue weighted by Gasteiger charge is 2.30. The van der Waals surface area contributed by atoms with Gasteiger partial charge in [0.1, 0.15) is 22.4 Å². The number of ether oxygens (including phenoxy) is 2. The number of morpholine rings is 1. The molecule has 184 valence electrons. The first-order valence-corrected chi connectivity index (χ1v) is 12.1. The largest absolute Gasteiger partial charge is 0.435 e. The Hall–Kier alpha value is -3.88. The standard InChI is InChI=1S/C25H22F2N6O2S/c1-17-16-36-23(32(17)19-7-9-20(10-8-19)35-24(26)27)21(15-28)22-29-30-25(31-11-13-34-14-12-31)33(22)18-5-3-2-4-6-18/h2-10,16,24H,11-14H2,1H3/b23-21+. The monoisotopic (exact) mass is 508 g/mol. The fourth-order valence-electron chi connectivity index (χ4n) is 4.09. The highest BCUT2D eigenvalue weighted by atomic mass is 32.2. The first-order valence-electron chi connectivity index (χ1n) is 11.2. The summed E-state index contributed by atoms with van der Waals surface area (Å²) in [6, 6.07) is 18.3. The topological polar surface area (TPSA) is 79.4 Å². The summed E-state index contributed by atoms with van der Waals surface area (Å²) in [6.45, 7) is 1.52. The maximum Gasteiger partial charge on any atom is 0.387 e. The smallest absolute Gasteiger partial charge is 0.387 e. The number of benzene rings is 2. The quantitative estimate of drug-likeness (QED) is 0.430. The van der Waals surface area contributed by atoms with Gasteiger partial charge in [-0.15, -0.1) is 10.2 Å². The minimum atomic E-state index is -2.90. The van der Waals surface area contributed by atoms with Gasteiger partial charge in [-0.05, 0) is 48.7 Å². The molecule has 3 aromatic rings. The van der Waals surface area contributed by atoms with E-state index in [1.165, 1.54) is 23.9 Å². The number of thioether (sulfide) groups is 1. The highest BCUT2D eigenvalue weighted by Crippen LogP contribution is 2.43. The van der Waals surface area contributed by atoms with Crippen molar-refractivity contribution >= 4 is 29.0 Å². The first kappa shape index (κ1) is 23.8. The molecule has 36 heavy (non-hydrogen) atoms.